The molecule has 0 unspecified atom stereocenters. The van der Waals surface area contributed by atoms with E-state index in [4.69, 9.17) is 14.2 Å². The van der Waals surface area contributed by atoms with E-state index in [1.807, 2.05) is 49.4 Å². The molecule has 2 aliphatic rings. The van der Waals surface area contributed by atoms with Crippen LogP contribution in [0.3, 0.4) is 0 Å². The largest absolute Gasteiger partial charge is 0.507 e. The molecule has 2 atom stereocenters. The van der Waals surface area contributed by atoms with Crippen LogP contribution in [0.15, 0.2) is 72.3 Å². The number of unbranched alkanes of at least 4 members (excludes halogenated alkanes) is 1. The lowest BCUT2D eigenvalue weighted by Crippen LogP contribution is -2.31. The fraction of sp³-hybridized carbons (Fsp3) is 0.333. The Bertz CT molecular complexity index is 1430. The molecular weight excluding hydrogens is 506 g/mol. The van der Waals surface area contributed by atoms with E-state index in [0.29, 0.717) is 48.6 Å². The second-order valence-corrected chi connectivity index (χ2v) is 10.3. The van der Waals surface area contributed by atoms with Crippen LogP contribution in [0.5, 0.6) is 17.2 Å². The van der Waals surface area contributed by atoms with Crippen molar-refractivity contribution in [1.29, 1.82) is 0 Å². The maximum atomic E-state index is 13.5. The molecular formula is C33H35NO6. The number of aliphatic hydroxyl groups excluding tert-OH is 1. The van der Waals surface area contributed by atoms with Gasteiger partial charge in [-0.15, -0.1) is 0 Å². The van der Waals surface area contributed by atoms with Crippen LogP contribution >= 0.6 is 0 Å². The molecule has 1 fully saturated rings. The molecule has 0 aromatic heterocycles. The average Bonchev–Trinajstić information content (AvgIpc) is 3.47. The maximum Gasteiger partial charge on any atom is 0.295 e. The van der Waals surface area contributed by atoms with E-state index in [1.165, 1.54) is 0 Å². The number of methoxy groups -OCH3 is 1. The third-order valence-corrected chi connectivity index (χ3v) is 7.45. The number of rotatable bonds is 10. The minimum Gasteiger partial charge on any atom is -0.507 e. The molecule has 40 heavy (non-hydrogen) atoms. The van der Waals surface area contributed by atoms with Gasteiger partial charge in [0.1, 0.15) is 17.6 Å². The van der Waals surface area contributed by atoms with E-state index >= 15 is 0 Å². The molecule has 7 nitrogen and oxygen atoms in total. The number of nitrogens with zero attached hydrogens (tertiary/aromatic N) is 1. The highest BCUT2D eigenvalue weighted by atomic mass is 16.5. The van der Waals surface area contributed by atoms with Crippen molar-refractivity contribution in [3.05, 3.63) is 94.6 Å². The molecule has 2 heterocycles. The molecule has 0 saturated carbocycles. The number of benzene rings is 3. The Morgan fingerprint density at radius 3 is 2.60 bits per heavy atom. The first-order chi connectivity index (χ1) is 19.4. The van der Waals surface area contributed by atoms with Crippen LogP contribution in [-0.4, -0.2) is 48.1 Å². The van der Waals surface area contributed by atoms with E-state index in [2.05, 4.69) is 6.92 Å². The molecule has 1 saturated heterocycles. The van der Waals surface area contributed by atoms with Crippen molar-refractivity contribution in [2.45, 2.75) is 51.7 Å². The topological polar surface area (TPSA) is 85.3 Å². The summed E-state index contributed by atoms with van der Waals surface area (Å²) >= 11 is 0. The predicted octanol–water partition coefficient (Wildman–Crippen LogP) is 5.86. The molecule has 1 amide bonds. The van der Waals surface area contributed by atoms with Gasteiger partial charge in [-0.25, -0.2) is 0 Å². The van der Waals surface area contributed by atoms with E-state index in [1.54, 1.807) is 36.3 Å². The number of hydrogen-bond donors (Lipinski definition) is 1. The Hall–Kier alpha value is -4.26. The summed E-state index contributed by atoms with van der Waals surface area (Å²) in [6.45, 7) is 4.95. The molecule has 5 rings (SSSR count). The van der Waals surface area contributed by atoms with Crippen LogP contribution in [0.1, 0.15) is 55.0 Å². The normalized spacial score (nSPS) is 19.4. The number of amides is 1. The summed E-state index contributed by atoms with van der Waals surface area (Å²) in [4.78, 5) is 28.5. The summed E-state index contributed by atoms with van der Waals surface area (Å²) in [5.41, 5.74) is 3.21. The number of fused-ring (bicyclic) bond motifs is 1. The SMILES string of the molecule is CCCCOc1ccc([C@@H]2/C(=C(\O)c3ccc4c(c3)C[C@@H](C)O4)C(=O)C(=O)N2CCc2ccccc2)cc1OC. The first-order valence-corrected chi connectivity index (χ1v) is 13.8. The highest BCUT2D eigenvalue weighted by molar-refractivity contribution is 6.46. The van der Waals surface area contributed by atoms with Gasteiger partial charge in [0.2, 0.25) is 0 Å². The van der Waals surface area contributed by atoms with Crippen LogP contribution in [0.25, 0.3) is 5.76 Å². The second kappa shape index (κ2) is 11.9. The smallest absolute Gasteiger partial charge is 0.295 e. The average molecular weight is 542 g/mol. The van der Waals surface area contributed by atoms with Gasteiger partial charge in [0.15, 0.2) is 11.5 Å². The lowest BCUT2D eigenvalue weighted by atomic mass is 9.94. The second-order valence-electron chi connectivity index (χ2n) is 10.3. The third-order valence-electron chi connectivity index (χ3n) is 7.45. The fourth-order valence-electron chi connectivity index (χ4n) is 5.38. The van der Waals surface area contributed by atoms with Gasteiger partial charge in [0.25, 0.3) is 11.7 Å². The molecule has 3 aromatic carbocycles. The fourth-order valence-corrected chi connectivity index (χ4v) is 5.38. The van der Waals surface area contributed by atoms with Crippen LogP contribution in [0.2, 0.25) is 0 Å². The molecule has 2 aliphatic heterocycles. The number of carbonyl (C=O) groups is 2. The maximum absolute atomic E-state index is 13.5. The lowest BCUT2D eigenvalue weighted by molar-refractivity contribution is -0.139. The molecule has 0 aliphatic carbocycles. The van der Waals surface area contributed by atoms with Crippen LogP contribution in [0.4, 0.5) is 0 Å². The molecule has 7 heteroatoms. The lowest BCUT2D eigenvalue weighted by Gasteiger charge is -2.26. The van der Waals surface area contributed by atoms with Crippen molar-refractivity contribution in [1.82, 2.24) is 4.90 Å². The molecule has 0 spiro atoms. The van der Waals surface area contributed by atoms with Gasteiger partial charge < -0.3 is 24.2 Å². The third kappa shape index (κ3) is 5.41. The minimum absolute atomic E-state index is 0.0430. The van der Waals surface area contributed by atoms with Crippen molar-refractivity contribution in [3.8, 4) is 17.2 Å². The van der Waals surface area contributed by atoms with Crippen molar-refractivity contribution < 1.29 is 28.9 Å². The number of carbonyl (C=O) groups excluding carboxylic acids is 2. The summed E-state index contributed by atoms with van der Waals surface area (Å²) in [7, 11) is 1.56. The zero-order valence-corrected chi connectivity index (χ0v) is 23.2. The van der Waals surface area contributed by atoms with Gasteiger partial charge in [0, 0.05) is 18.5 Å². The molecule has 208 valence electrons. The van der Waals surface area contributed by atoms with E-state index in [9.17, 15) is 14.7 Å². The summed E-state index contributed by atoms with van der Waals surface area (Å²) in [5.74, 6) is 0.327. The Morgan fingerprint density at radius 2 is 1.85 bits per heavy atom. The van der Waals surface area contributed by atoms with Crippen LogP contribution < -0.4 is 14.2 Å². The number of ketones is 1. The van der Waals surface area contributed by atoms with Crippen molar-refractivity contribution >= 4 is 17.4 Å². The number of ether oxygens (including phenoxy) is 3. The van der Waals surface area contributed by atoms with Crippen LogP contribution in [-0.2, 0) is 22.4 Å². The van der Waals surface area contributed by atoms with E-state index in [0.717, 1.165) is 29.7 Å². The molecule has 0 radical (unpaired) electrons. The summed E-state index contributed by atoms with van der Waals surface area (Å²) < 4.78 is 17.3. The Balaban J connectivity index is 1.57. The van der Waals surface area contributed by atoms with Gasteiger partial charge in [-0.3, -0.25) is 9.59 Å². The highest BCUT2D eigenvalue weighted by Crippen LogP contribution is 2.43. The Labute approximate surface area is 235 Å². The van der Waals surface area contributed by atoms with Crippen molar-refractivity contribution in [3.63, 3.8) is 0 Å². The van der Waals surface area contributed by atoms with Crippen LogP contribution in [0, 0.1) is 0 Å². The standard InChI is InChI=1S/C33H35NO6/c1-4-5-17-39-27-14-11-23(20-28(27)38-3)30-29(31(35)24-12-13-26-25(19-24)18-21(2)40-26)32(36)33(37)34(30)16-15-22-9-7-6-8-10-22/h6-14,19-21,30,35H,4-5,15-18H2,1-3H3/b31-29+/t21-,30-/m1/s1. The quantitative estimate of drug-likeness (QED) is 0.150. The number of likely N-dealkylation sites (tertiary alicyclic amines) is 1. The minimum atomic E-state index is -0.786. The van der Waals surface area contributed by atoms with E-state index in [-0.39, 0.29) is 17.4 Å². The Morgan fingerprint density at radius 1 is 1.05 bits per heavy atom. The summed E-state index contributed by atoms with van der Waals surface area (Å²) in [6, 6.07) is 19.8. The number of Topliss-reactive ketones (excluding diaryl/α,β-unsaturated/α-hetero) is 1. The van der Waals surface area contributed by atoms with Crippen molar-refractivity contribution in [2.75, 3.05) is 20.3 Å². The zero-order valence-electron chi connectivity index (χ0n) is 23.2. The number of aliphatic hydroxyl groups is 1. The zero-order chi connectivity index (χ0) is 28.2. The monoisotopic (exact) mass is 541 g/mol. The van der Waals surface area contributed by atoms with Crippen molar-refractivity contribution in [2.24, 2.45) is 0 Å². The van der Waals surface area contributed by atoms with Gasteiger partial charge in [-0.2, -0.15) is 0 Å². The summed E-state index contributed by atoms with van der Waals surface area (Å²) in [5, 5.41) is 11.5. The van der Waals surface area contributed by atoms with E-state index < -0.39 is 17.7 Å². The predicted molar refractivity (Wildman–Crippen MR) is 153 cm³/mol. The molecule has 0 bridgehead atoms. The molecule has 3 aromatic rings. The highest BCUT2D eigenvalue weighted by Gasteiger charge is 2.46. The Kier molecular flexibility index (Phi) is 8.10. The first kappa shape index (κ1) is 27.3. The van der Waals surface area contributed by atoms with Gasteiger partial charge in [0.05, 0.1) is 25.3 Å². The number of hydrogen-bond acceptors (Lipinski definition) is 6. The van der Waals surface area contributed by atoms with Gasteiger partial charge >= 0.3 is 0 Å². The molecule has 1 N–H and O–H groups in total. The first-order valence-electron chi connectivity index (χ1n) is 13.8. The van der Waals surface area contributed by atoms with Gasteiger partial charge in [-0.1, -0.05) is 49.7 Å². The van der Waals surface area contributed by atoms with Gasteiger partial charge in [-0.05, 0) is 66.8 Å². The summed E-state index contributed by atoms with van der Waals surface area (Å²) in [6.07, 6.45) is 3.23.